The van der Waals surface area contributed by atoms with Gasteiger partial charge in [-0.3, -0.25) is 9.69 Å². The quantitative estimate of drug-likeness (QED) is 0.632. The summed E-state index contributed by atoms with van der Waals surface area (Å²) in [7, 11) is 0. The Morgan fingerprint density at radius 1 is 0.933 bits per heavy atom. The molecule has 1 aromatic heterocycles. The summed E-state index contributed by atoms with van der Waals surface area (Å²) >= 11 is 0. The normalized spacial score (nSPS) is 19.5. The third-order valence-corrected chi connectivity index (χ3v) is 7.08. The van der Waals surface area contributed by atoms with Crippen molar-refractivity contribution < 1.29 is 0 Å². The van der Waals surface area contributed by atoms with Gasteiger partial charge in [-0.25, -0.2) is 0 Å². The average molecular weight is 405 g/mol. The van der Waals surface area contributed by atoms with Gasteiger partial charge in [-0.05, 0) is 67.8 Å². The van der Waals surface area contributed by atoms with Crippen molar-refractivity contribution >= 4 is 6.08 Å². The molecule has 0 radical (unpaired) electrons. The van der Waals surface area contributed by atoms with Crippen molar-refractivity contribution in [3.63, 3.8) is 0 Å². The molecule has 2 heterocycles. The number of rotatable bonds is 7. The van der Waals surface area contributed by atoms with Gasteiger partial charge in [0.1, 0.15) is 0 Å². The lowest BCUT2D eigenvalue weighted by molar-refractivity contribution is 0.195. The lowest BCUT2D eigenvalue weighted by atomic mass is 9.84. The van der Waals surface area contributed by atoms with Gasteiger partial charge in [0, 0.05) is 18.3 Å². The lowest BCUT2D eigenvalue weighted by Gasteiger charge is -2.30. The molecule has 4 rings (SSSR count). The monoisotopic (exact) mass is 404 g/mol. The topological polar surface area (TPSA) is 36.1 Å². The van der Waals surface area contributed by atoms with Crippen LogP contribution in [0.2, 0.25) is 0 Å². The molecule has 2 fully saturated rings. The van der Waals surface area contributed by atoms with Crippen molar-refractivity contribution in [3.8, 4) is 0 Å². The van der Waals surface area contributed by atoms with Crippen LogP contribution in [0.5, 0.6) is 0 Å². The maximum atomic E-state index is 11.9. The van der Waals surface area contributed by atoms with E-state index in [1.165, 1.54) is 68.9 Å². The molecule has 1 N–H and O–H groups in total. The third-order valence-electron chi connectivity index (χ3n) is 7.08. The van der Waals surface area contributed by atoms with Gasteiger partial charge in [-0.15, -0.1) is 0 Å². The molecule has 3 heteroatoms. The Morgan fingerprint density at radius 3 is 2.50 bits per heavy atom. The van der Waals surface area contributed by atoms with Gasteiger partial charge in [0.05, 0.1) is 0 Å². The largest absolute Gasteiger partial charge is 0.329 e. The summed E-state index contributed by atoms with van der Waals surface area (Å²) in [4.78, 5) is 17.1. The van der Waals surface area contributed by atoms with Crippen LogP contribution in [-0.2, 0) is 13.0 Å². The van der Waals surface area contributed by atoms with E-state index in [-0.39, 0.29) is 5.56 Å². The lowest BCUT2D eigenvalue weighted by Crippen LogP contribution is -2.34. The van der Waals surface area contributed by atoms with Crippen molar-refractivity contribution in [2.75, 3.05) is 13.1 Å². The van der Waals surface area contributed by atoms with Crippen LogP contribution in [0.1, 0.15) is 68.1 Å². The molecule has 1 saturated carbocycles. The molecule has 1 aliphatic carbocycles. The summed E-state index contributed by atoms with van der Waals surface area (Å²) in [6, 6.07) is 12.8. The molecular formula is C27H36N2O. The molecule has 2 aliphatic rings. The Bertz CT molecular complexity index is 870. The van der Waals surface area contributed by atoms with Crippen LogP contribution in [0.4, 0.5) is 0 Å². The first kappa shape index (κ1) is 21.1. The number of likely N-dealkylation sites (tertiary alicyclic amines) is 1. The SMILES string of the molecule is O=c1[nH]cccc1CN1CCC(/C=C/c2ccccc2CCC2CCCCC2)CC1. The summed E-state index contributed by atoms with van der Waals surface area (Å²) < 4.78 is 0. The Balaban J connectivity index is 1.28. The number of allylic oxidation sites excluding steroid dienone is 1. The van der Waals surface area contributed by atoms with Crippen molar-refractivity contribution in [2.24, 2.45) is 11.8 Å². The highest BCUT2D eigenvalue weighted by molar-refractivity contribution is 5.54. The second-order valence-corrected chi connectivity index (χ2v) is 9.24. The molecular weight excluding hydrogens is 368 g/mol. The van der Waals surface area contributed by atoms with E-state index in [0.29, 0.717) is 5.92 Å². The van der Waals surface area contributed by atoms with Crippen LogP contribution in [-0.4, -0.2) is 23.0 Å². The highest BCUT2D eigenvalue weighted by Crippen LogP contribution is 2.28. The van der Waals surface area contributed by atoms with Crippen LogP contribution in [0, 0.1) is 11.8 Å². The fourth-order valence-electron chi connectivity index (χ4n) is 5.13. The van der Waals surface area contributed by atoms with Gasteiger partial charge in [-0.1, -0.05) is 74.6 Å². The highest BCUT2D eigenvalue weighted by Gasteiger charge is 2.18. The van der Waals surface area contributed by atoms with Crippen molar-refractivity contribution in [1.82, 2.24) is 9.88 Å². The summed E-state index contributed by atoms with van der Waals surface area (Å²) in [6.07, 6.45) is 18.6. The molecule has 1 aliphatic heterocycles. The number of piperidine rings is 1. The standard InChI is InChI=1S/C27H36N2O/c30-27-26(11-6-18-28-27)21-29-19-16-23(17-20-29)13-15-25-10-5-4-9-24(25)14-12-22-7-2-1-3-8-22/h4-6,9-11,13,15,18,22-23H,1-3,7-8,12,14,16-17,19-21H2,(H,28,30)/b15-13+. The highest BCUT2D eigenvalue weighted by atomic mass is 16.1. The van der Waals surface area contributed by atoms with Crippen LogP contribution in [0.15, 0.2) is 53.5 Å². The number of nitrogens with zero attached hydrogens (tertiary/aromatic N) is 1. The fourth-order valence-corrected chi connectivity index (χ4v) is 5.13. The van der Waals surface area contributed by atoms with Crippen LogP contribution in [0.3, 0.4) is 0 Å². The zero-order chi connectivity index (χ0) is 20.6. The zero-order valence-corrected chi connectivity index (χ0v) is 18.2. The maximum absolute atomic E-state index is 11.9. The van der Waals surface area contributed by atoms with Crippen LogP contribution < -0.4 is 5.56 Å². The molecule has 0 unspecified atom stereocenters. The molecule has 0 amide bonds. The molecule has 1 saturated heterocycles. The minimum atomic E-state index is 0.0457. The van der Waals surface area contributed by atoms with E-state index >= 15 is 0 Å². The van der Waals surface area contributed by atoms with E-state index < -0.39 is 0 Å². The van der Waals surface area contributed by atoms with Crippen LogP contribution >= 0.6 is 0 Å². The molecule has 1 aromatic carbocycles. The number of nitrogens with one attached hydrogen (secondary N) is 1. The smallest absolute Gasteiger partial charge is 0.252 e. The Labute approximate surface area is 181 Å². The number of H-pyrrole nitrogens is 1. The number of hydrogen-bond acceptors (Lipinski definition) is 2. The summed E-state index contributed by atoms with van der Waals surface area (Å²) in [6.45, 7) is 2.88. The van der Waals surface area contributed by atoms with E-state index in [2.05, 4.69) is 46.3 Å². The first-order chi connectivity index (χ1) is 14.8. The number of aryl methyl sites for hydroxylation is 1. The van der Waals surface area contributed by atoms with Crippen molar-refractivity contribution in [2.45, 2.75) is 64.3 Å². The Morgan fingerprint density at radius 2 is 1.70 bits per heavy atom. The molecule has 0 atom stereocenters. The molecule has 0 spiro atoms. The van der Waals surface area contributed by atoms with E-state index in [9.17, 15) is 4.79 Å². The number of benzene rings is 1. The van der Waals surface area contributed by atoms with E-state index in [1.807, 2.05) is 12.1 Å². The molecule has 30 heavy (non-hydrogen) atoms. The van der Waals surface area contributed by atoms with Gasteiger partial charge < -0.3 is 4.98 Å². The van der Waals surface area contributed by atoms with Gasteiger partial charge in [0.2, 0.25) is 0 Å². The molecule has 3 nitrogen and oxygen atoms in total. The van der Waals surface area contributed by atoms with Crippen LogP contribution in [0.25, 0.3) is 6.08 Å². The summed E-state index contributed by atoms with van der Waals surface area (Å²) in [5.74, 6) is 1.58. The third kappa shape index (κ3) is 5.95. The molecule has 160 valence electrons. The second kappa shape index (κ2) is 10.8. The Hall–Kier alpha value is -2.13. The Kier molecular flexibility index (Phi) is 7.58. The predicted octanol–water partition coefficient (Wildman–Crippen LogP) is 5.81. The average Bonchev–Trinajstić information content (AvgIpc) is 2.80. The number of hydrogen-bond donors (Lipinski definition) is 1. The first-order valence-corrected chi connectivity index (χ1v) is 11.9. The predicted molar refractivity (Wildman–Crippen MR) is 125 cm³/mol. The first-order valence-electron chi connectivity index (χ1n) is 11.9. The van der Waals surface area contributed by atoms with Gasteiger partial charge >= 0.3 is 0 Å². The fraction of sp³-hybridized carbons (Fsp3) is 0.519. The van der Waals surface area contributed by atoms with Gasteiger partial charge in [0.15, 0.2) is 0 Å². The number of aromatic amines is 1. The van der Waals surface area contributed by atoms with Gasteiger partial charge in [-0.2, -0.15) is 0 Å². The van der Waals surface area contributed by atoms with Gasteiger partial charge in [0.25, 0.3) is 5.56 Å². The van der Waals surface area contributed by atoms with Crippen molar-refractivity contribution in [1.29, 1.82) is 0 Å². The maximum Gasteiger partial charge on any atom is 0.252 e. The van der Waals surface area contributed by atoms with E-state index in [4.69, 9.17) is 0 Å². The van der Waals surface area contributed by atoms with E-state index in [0.717, 1.165) is 31.1 Å². The zero-order valence-electron chi connectivity index (χ0n) is 18.2. The number of pyridine rings is 1. The minimum Gasteiger partial charge on any atom is -0.329 e. The minimum absolute atomic E-state index is 0.0457. The summed E-state index contributed by atoms with van der Waals surface area (Å²) in [5.41, 5.74) is 3.84. The summed E-state index contributed by atoms with van der Waals surface area (Å²) in [5, 5.41) is 0. The number of aromatic nitrogens is 1. The van der Waals surface area contributed by atoms with E-state index in [1.54, 1.807) is 6.20 Å². The molecule has 2 aromatic rings. The second-order valence-electron chi connectivity index (χ2n) is 9.24. The van der Waals surface area contributed by atoms with Crippen molar-refractivity contribution in [3.05, 3.63) is 75.7 Å². The molecule has 0 bridgehead atoms.